The Labute approximate surface area is 265 Å². The molecule has 3 heteroatoms. The van der Waals surface area contributed by atoms with E-state index in [1.165, 1.54) is 80.8 Å². The van der Waals surface area contributed by atoms with E-state index in [2.05, 4.69) is 143 Å². The van der Waals surface area contributed by atoms with Gasteiger partial charge in [-0.25, -0.2) is 0 Å². The first-order valence-electron chi connectivity index (χ1n) is 16.0. The van der Waals surface area contributed by atoms with E-state index in [1.54, 1.807) is 5.56 Å². The molecule has 0 fully saturated rings. The van der Waals surface area contributed by atoms with Gasteiger partial charge in [-0.05, 0) is 97.0 Å². The minimum absolute atomic E-state index is 1.07. The van der Waals surface area contributed by atoms with Crippen LogP contribution in [-0.4, -0.2) is 9.13 Å². The van der Waals surface area contributed by atoms with Crippen LogP contribution in [0.3, 0.4) is 0 Å². The maximum atomic E-state index is 2.59. The van der Waals surface area contributed by atoms with E-state index in [1.807, 2.05) is 11.3 Å². The molecule has 0 saturated heterocycles. The van der Waals surface area contributed by atoms with Gasteiger partial charge in [-0.2, -0.15) is 0 Å². The number of nitrogens with zero attached hydrogens (tertiary/aromatic N) is 2. The van der Waals surface area contributed by atoms with E-state index < -0.39 is 0 Å². The minimum atomic E-state index is 1.07. The van der Waals surface area contributed by atoms with Crippen molar-refractivity contribution in [3.63, 3.8) is 0 Å². The lowest BCUT2D eigenvalue weighted by Gasteiger charge is -2.16. The molecule has 0 atom stereocenters. The number of aromatic nitrogens is 2. The summed E-state index contributed by atoms with van der Waals surface area (Å²) in [6, 6.07) is 42.6. The monoisotopic (exact) mass is 594 g/mol. The zero-order valence-electron chi connectivity index (χ0n) is 24.8. The summed E-state index contributed by atoms with van der Waals surface area (Å²) in [5.74, 6) is 0. The summed E-state index contributed by atoms with van der Waals surface area (Å²) in [5, 5.41) is 6.71. The number of hydrogen-bond acceptors (Lipinski definition) is 1. The molecule has 10 rings (SSSR count). The van der Waals surface area contributed by atoms with E-state index in [9.17, 15) is 0 Å². The summed E-state index contributed by atoms with van der Waals surface area (Å²) in [5.41, 5.74) is 11.8. The lowest BCUT2D eigenvalue weighted by Crippen LogP contribution is -2.30. The SMILES string of the molecule is C1=Cc2sc3c(c2CC1)=C(n1c2ccccc2c2cc(-c4ccc5c(c4)c4ccccc4n5-c4ccccc4)ccc21)CCC=3. The lowest BCUT2D eigenvalue weighted by atomic mass is 9.99. The topological polar surface area (TPSA) is 9.86 Å². The van der Waals surface area contributed by atoms with Gasteiger partial charge in [-0.1, -0.05) is 78.9 Å². The second-order valence-corrected chi connectivity index (χ2v) is 13.4. The van der Waals surface area contributed by atoms with Crippen LogP contribution in [0.5, 0.6) is 0 Å². The molecule has 45 heavy (non-hydrogen) atoms. The second-order valence-electron chi connectivity index (χ2n) is 12.3. The first kappa shape index (κ1) is 25.2. The molecule has 0 unspecified atom stereocenters. The van der Waals surface area contributed by atoms with Gasteiger partial charge in [0.2, 0.25) is 0 Å². The van der Waals surface area contributed by atoms with Gasteiger partial charge in [0.1, 0.15) is 0 Å². The Morgan fingerprint density at radius 3 is 1.89 bits per heavy atom. The molecule has 0 amide bonds. The van der Waals surface area contributed by atoms with Crippen LogP contribution in [0, 0.1) is 0 Å². The van der Waals surface area contributed by atoms with Crippen LogP contribution < -0.4 is 9.75 Å². The molecular weight excluding hydrogens is 565 g/mol. The zero-order valence-corrected chi connectivity index (χ0v) is 25.6. The van der Waals surface area contributed by atoms with Gasteiger partial charge in [-0.15, -0.1) is 11.3 Å². The van der Waals surface area contributed by atoms with Gasteiger partial charge in [0, 0.05) is 47.6 Å². The van der Waals surface area contributed by atoms with E-state index in [0.29, 0.717) is 0 Å². The van der Waals surface area contributed by atoms with Gasteiger partial charge in [0.05, 0.1) is 22.1 Å². The molecule has 2 aliphatic rings. The van der Waals surface area contributed by atoms with Gasteiger partial charge in [-0.3, -0.25) is 0 Å². The Kier molecular flexibility index (Phi) is 5.43. The third-order valence-electron chi connectivity index (χ3n) is 9.86. The highest BCUT2D eigenvalue weighted by Crippen LogP contribution is 2.38. The van der Waals surface area contributed by atoms with E-state index in [4.69, 9.17) is 0 Å². The van der Waals surface area contributed by atoms with E-state index in [0.717, 1.165) is 25.7 Å². The summed E-state index contributed by atoms with van der Waals surface area (Å²) in [6.45, 7) is 0. The quantitative estimate of drug-likeness (QED) is 0.193. The Hall–Kier alpha value is -5.12. The Morgan fingerprint density at radius 2 is 1.16 bits per heavy atom. The number of thiophene rings is 1. The number of hydrogen-bond donors (Lipinski definition) is 0. The van der Waals surface area contributed by atoms with E-state index in [-0.39, 0.29) is 0 Å². The maximum Gasteiger partial charge on any atom is 0.0541 e. The summed E-state index contributed by atoms with van der Waals surface area (Å²) in [6.07, 6.45) is 11.6. The fourth-order valence-electron chi connectivity index (χ4n) is 7.90. The van der Waals surface area contributed by atoms with Crippen LogP contribution in [0.2, 0.25) is 0 Å². The lowest BCUT2D eigenvalue weighted by molar-refractivity contribution is 0.949. The van der Waals surface area contributed by atoms with E-state index >= 15 is 0 Å². The Balaban J connectivity index is 1.20. The van der Waals surface area contributed by atoms with Crippen LogP contribution in [0.4, 0.5) is 0 Å². The molecule has 2 nitrogen and oxygen atoms in total. The molecule has 5 aromatic carbocycles. The number of benzene rings is 5. The average Bonchev–Trinajstić information content (AvgIpc) is 3.76. The van der Waals surface area contributed by atoms with Crippen LogP contribution in [-0.2, 0) is 6.42 Å². The maximum absolute atomic E-state index is 2.59. The van der Waals surface area contributed by atoms with Gasteiger partial charge in [0.25, 0.3) is 0 Å². The van der Waals surface area contributed by atoms with Gasteiger partial charge >= 0.3 is 0 Å². The molecule has 0 bridgehead atoms. The summed E-state index contributed by atoms with van der Waals surface area (Å²) < 4.78 is 6.43. The van der Waals surface area contributed by atoms with Gasteiger partial charge < -0.3 is 9.13 Å². The highest BCUT2D eigenvalue weighted by molar-refractivity contribution is 7.11. The van der Waals surface area contributed by atoms with Gasteiger partial charge in [0.15, 0.2) is 0 Å². The Morgan fingerprint density at radius 1 is 0.533 bits per heavy atom. The third kappa shape index (κ3) is 3.68. The van der Waals surface area contributed by atoms with Crippen molar-refractivity contribution < 1.29 is 0 Å². The van der Waals surface area contributed by atoms with Crippen LogP contribution in [0.25, 0.3) is 78.3 Å². The molecule has 0 N–H and O–H groups in total. The summed E-state index contributed by atoms with van der Waals surface area (Å²) in [7, 11) is 0. The minimum Gasteiger partial charge on any atom is -0.312 e. The first-order chi connectivity index (χ1) is 22.3. The first-order valence-corrected chi connectivity index (χ1v) is 16.8. The van der Waals surface area contributed by atoms with Crippen molar-refractivity contribution in [2.24, 2.45) is 0 Å². The predicted octanol–water partition coefficient (Wildman–Crippen LogP) is 9.81. The van der Waals surface area contributed by atoms with Crippen molar-refractivity contribution in [1.82, 2.24) is 9.13 Å². The standard InChI is InChI=1S/C42H30N2S/c1-2-11-29(12-3-1)43-35-16-7-4-13-30(35)33-25-27(21-23-37(33)43)28-22-24-38-34(26-28)31-14-5-8-17-36(31)44(38)39-18-10-20-41-42(39)32-15-6-9-19-40(32)45-41/h1-5,7-9,11-14,16-17,19-26H,6,10,15,18H2. The molecule has 3 heterocycles. The molecule has 2 aliphatic carbocycles. The molecule has 0 saturated carbocycles. The number of fused-ring (bicyclic) bond motifs is 9. The van der Waals surface area contributed by atoms with Crippen molar-refractivity contribution in [3.05, 3.63) is 142 Å². The summed E-state index contributed by atoms with van der Waals surface area (Å²) >= 11 is 1.97. The van der Waals surface area contributed by atoms with Crippen LogP contribution >= 0.6 is 11.3 Å². The summed E-state index contributed by atoms with van der Waals surface area (Å²) in [4.78, 5) is 1.45. The number of allylic oxidation sites excluding steroid dienone is 1. The third-order valence-corrected chi connectivity index (χ3v) is 11.1. The normalized spacial score (nSPS) is 14.4. The molecule has 0 spiro atoms. The average molecular weight is 595 g/mol. The zero-order chi connectivity index (χ0) is 29.5. The molecule has 214 valence electrons. The van der Waals surface area contributed by atoms with Crippen molar-refractivity contribution in [1.29, 1.82) is 0 Å². The highest BCUT2D eigenvalue weighted by Gasteiger charge is 2.21. The molecule has 3 aromatic heterocycles. The fraction of sp³-hybridized carbons (Fsp3) is 0.0952. The molecule has 8 aromatic rings. The second kappa shape index (κ2) is 9.69. The predicted molar refractivity (Wildman–Crippen MR) is 193 cm³/mol. The Bertz CT molecular complexity index is 2640. The fourth-order valence-corrected chi connectivity index (χ4v) is 9.18. The number of para-hydroxylation sites is 3. The van der Waals surface area contributed by atoms with Crippen molar-refractivity contribution >= 4 is 72.8 Å². The largest absolute Gasteiger partial charge is 0.312 e. The van der Waals surface area contributed by atoms with Crippen molar-refractivity contribution in [2.75, 3.05) is 0 Å². The highest BCUT2D eigenvalue weighted by atomic mass is 32.1. The molecule has 0 aliphatic heterocycles. The smallest absolute Gasteiger partial charge is 0.0541 e. The van der Waals surface area contributed by atoms with Crippen molar-refractivity contribution in [3.8, 4) is 16.8 Å². The molecule has 0 radical (unpaired) electrons. The molecular formula is C42H30N2S. The van der Waals surface area contributed by atoms with Crippen LogP contribution in [0.15, 0.2) is 121 Å². The van der Waals surface area contributed by atoms with Crippen LogP contribution in [0.1, 0.15) is 29.7 Å². The van der Waals surface area contributed by atoms with Crippen molar-refractivity contribution in [2.45, 2.75) is 25.7 Å². The number of rotatable bonds is 3.